The number of nitrogens with one attached hydrogen (secondary N) is 1. The van der Waals surface area contributed by atoms with E-state index >= 15 is 0 Å². The van der Waals surface area contributed by atoms with Crippen molar-refractivity contribution in [3.05, 3.63) is 42.6 Å². The Morgan fingerprint density at radius 3 is 2.54 bits per heavy atom. The Balaban J connectivity index is 2.44. The molecule has 0 aliphatic carbocycles. The lowest BCUT2D eigenvalue weighted by atomic mass is 10.3. The van der Waals surface area contributed by atoms with Crippen LogP contribution in [0.5, 0.6) is 5.75 Å². The van der Waals surface area contributed by atoms with Crippen LogP contribution in [0.3, 0.4) is 0 Å². The minimum atomic E-state index is -0.143. The van der Waals surface area contributed by atoms with E-state index in [-0.39, 0.29) is 11.5 Å². The Labute approximate surface area is 77.0 Å². The van der Waals surface area contributed by atoms with Crippen LogP contribution in [0.25, 0.3) is 0 Å². The number of hydroxylamine groups is 1. The van der Waals surface area contributed by atoms with Crippen LogP contribution in [0, 0.1) is 0 Å². The fraction of sp³-hybridized carbons (Fsp3) is 0.100. The normalized spacial score (nSPS) is 9.00. The average Bonchev–Trinajstić information content (AvgIpc) is 2.15. The number of allylic oxidation sites excluding steroid dienone is 1. The monoisotopic (exact) mass is 177 g/mol. The smallest absolute Gasteiger partial charge is 0.178 e. The molecule has 0 amide bonds. The zero-order chi connectivity index (χ0) is 9.68. The molecule has 1 N–H and O–H groups in total. The third kappa shape index (κ3) is 2.99. The first kappa shape index (κ1) is 9.32. The lowest BCUT2D eigenvalue weighted by Crippen LogP contribution is -2.21. The maximum absolute atomic E-state index is 10.7. The van der Waals surface area contributed by atoms with Crippen LogP contribution in [0.1, 0.15) is 6.92 Å². The summed E-state index contributed by atoms with van der Waals surface area (Å²) in [6.45, 7) is 4.90. The number of Topliss-reactive ketones (excluding diaryl/α,β-unsaturated/α-hetero) is 1. The van der Waals surface area contributed by atoms with Crippen molar-refractivity contribution in [1.82, 2.24) is 5.48 Å². The molecule has 0 spiro atoms. The standard InChI is InChI=1S/C10H11NO2/c1-8(9(2)12)11-13-10-6-4-3-5-7-10/h3-7,11H,1H2,2H3. The third-order valence-electron chi connectivity index (χ3n) is 1.46. The van der Waals surface area contributed by atoms with Gasteiger partial charge < -0.3 is 4.84 Å². The van der Waals surface area contributed by atoms with E-state index in [2.05, 4.69) is 12.1 Å². The minimum absolute atomic E-state index is 0.143. The summed E-state index contributed by atoms with van der Waals surface area (Å²) in [4.78, 5) is 15.8. The second kappa shape index (κ2) is 4.30. The highest BCUT2D eigenvalue weighted by molar-refractivity contribution is 5.91. The van der Waals surface area contributed by atoms with Gasteiger partial charge in [0.2, 0.25) is 0 Å². The van der Waals surface area contributed by atoms with Crippen molar-refractivity contribution >= 4 is 5.78 Å². The van der Waals surface area contributed by atoms with Gasteiger partial charge in [0.05, 0.1) is 0 Å². The molecule has 1 aromatic carbocycles. The summed E-state index contributed by atoms with van der Waals surface area (Å²) in [5.74, 6) is 0.501. The van der Waals surface area contributed by atoms with Crippen molar-refractivity contribution in [2.75, 3.05) is 0 Å². The van der Waals surface area contributed by atoms with E-state index in [1.165, 1.54) is 6.92 Å². The summed E-state index contributed by atoms with van der Waals surface area (Å²) < 4.78 is 0. The summed E-state index contributed by atoms with van der Waals surface area (Å²) in [6, 6.07) is 9.12. The molecule has 0 aliphatic heterocycles. The first-order valence-corrected chi connectivity index (χ1v) is 3.88. The molecule has 0 heterocycles. The number of carbonyl (C=O) groups is 1. The van der Waals surface area contributed by atoms with Gasteiger partial charge in [-0.05, 0) is 12.1 Å². The van der Waals surface area contributed by atoms with Gasteiger partial charge in [0, 0.05) is 6.92 Å². The molecule has 3 heteroatoms. The Hall–Kier alpha value is -1.77. The van der Waals surface area contributed by atoms with E-state index in [0.29, 0.717) is 5.75 Å². The van der Waals surface area contributed by atoms with E-state index in [9.17, 15) is 4.79 Å². The van der Waals surface area contributed by atoms with Crippen LogP contribution in [0.2, 0.25) is 0 Å². The average molecular weight is 177 g/mol. The van der Waals surface area contributed by atoms with Crippen LogP contribution in [-0.2, 0) is 4.79 Å². The van der Waals surface area contributed by atoms with Gasteiger partial charge >= 0.3 is 0 Å². The molecule has 0 aromatic heterocycles. The quantitative estimate of drug-likeness (QED) is 0.561. The van der Waals surface area contributed by atoms with Crippen LogP contribution < -0.4 is 10.3 Å². The Bertz CT molecular complexity index is 306. The SMILES string of the molecule is C=C(NOc1ccccc1)C(C)=O. The van der Waals surface area contributed by atoms with E-state index in [1.54, 1.807) is 12.1 Å². The van der Waals surface area contributed by atoms with E-state index in [1.807, 2.05) is 18.2 Å². The maximum atomic E-state index is 10.7. The summed E-state index contributed by atoms with van der Waals surface area (Å²) in [5, 5.41) is 0. The zero-order valence-electron chi connectivity index (χ0n) is 7.41. The number of benzene rings is 1. The number of para-hydroxylation sites is 1. The third-order valence-corrected chi connectivity index (χ3v) is 1.46. The number of hydrogen-bond acceptors (Lipinski definition) is 3. The molecule has 0 saturated carbocycles. The predicted molar refractivity (Wildman–Crippen MR) is 50.0 cm³/mol. The fourth-order valence-corrected chi connectivity index (χ4v) is 0.681. The summed E-state index contributed by atoms with van der Waals surface area (Å²) >= 11 is 0. The largest absolute Gasteiger partial charge is 0.382 e. The van der Waals surface area contributed by atoms with Gasteiger partial charge in [0.25, 0.3) is 0 Å². The Morgan fingerprint density at radius 2 is 2.00 bits per heavy atom. The molecule has 0 atom stereocenters. The molecule has 3 nitrogen and oxygen atoms in total. The molecule has 0 radical (unpaired) electrons. The maximum Gasteiger partial charge on any atom is 0.178 e. The number of carbonyl (C=O) groups excluding carboxylic acids is 1. The molecule has 1 aromatic rings. The first-order valence-electron chi connectivity index (χ1n) is 3.88. The first-order chi connectivity index (χ1) is 6.20. The second-order valence-electron chi connectivity index (χ2n) is 2.55. The molecule has 13 heavy (non-hydrogen) atoms. The summed E-state index contributed by atoms with van der Waals surface area (Å²) in [6.07, 6.45) is 0. The van der Waals surface area contributed by atoms with E-state index in [4.69, 9.17) is 4.84 Å². The highest BCUT2D eigenvalue weighted by Gasteiger charge is 1.99. The molecule has 1 rings (SSSR count). The Morgan fingerprint density at radius 1 is 1.38 bits per heavy atom. The van der Waals surface area contributed by atoms with Crippen LogP contribution in [0.15, 0.2) is 42.6 Å². The lowest BCUT2D eigenvalue weighted by Gasteiger charge is -2.07. The molecular weight excluding hydrogens is 166 g/mol. The van der Waals surface area contributed by atoms with Crippen LogP contribution in [0.4, 0.5) is 0 Å². The number of ketones is 1. The zero-order valence-corrected chi connectivity index (χ0v) is 7.41. The van der Waals surface area contributed by atoms with Gasteiger partial charge in [-0.15, -0.1) is 0 Å². The molecular formula is C10H11NO2. The fourth-order valence-electron chi connectivity index (χ4n) is 0.681. The van der Waals surface area contributed by atoms with Crippen molar-refractivity contribution in [2.24, 2.45) is 0 Å². The molecule has 0 aliphatic rings. The van der Waals surface area contributed by atoms with Crippen LogP contribution in [-0.4, -0.2) is 5.78 Å². The molecule has 68 valence electrons. The molecule has 0 saturated heterocycles. The van der Waals surface area contributed by atoms with Crippen molar-refractivity contribution in [2.45, 2.75) is 6.92 Å². The van der Waals surface area contributed by atoms with Gasteiger partial charge in [0.1, 0.15) is 5.70 Å². The van der Waals surface area contributed by atoms with Gasteiger partial charge in [-0.2, -0.15) is 0 Å². The van der Waals surface area contributed by atoms with Crippen molar-refractivity contribution in [3.8, 4) is 5.75 Å². The summed E-state index contributed by atoms with van der Waals surface area (Å²) in [5.41, 5.74) is 2.69. The molecule has 0 fully saturated rings. The van der Waals surface area contributed by atoms with Gasteiger partial charge in [-0.1, -0.05) is 24.8 Å². The number of rotatable bonds is 4. The van der Waals surface area contributed by atoms with Crippen molar-refractivity contribution in [1.29, 1.82) is 0 Å². The summed E-state index contributed by atoms with van der Waals surface area (Å²) in [7, 11) is 0. The van der Waals surface area contributed by atoms with Gasteiger partial charge in [-0.3, -0.25) is 4.79 Å². The van der Waals surface area contributed by atoms with Gasteiger partial charge in [-0.25, -0.2) is 5.48 Å². The van der Waals surface area contributed by atoms with E-state index in [0.717, 1.165) is 0 Å². The molecule has 0 unspecified atom stereocenters. The topological polar surface area (TPSA) is 38.3 Å². The second-order valence-corrected chi connectivity index (χ2v) is 2.55. The minimum Gasteiger partial charge on any atom is -0.382 e. The van der Waals surface area contributed by atoms with Crippen molar-refractivity contribution < 1.29 is 9.63 Å². The van der Waals surface area contributed by atoms with Gasteiger partial charge in [0.15, 0.2) is 11.5 Å². The highest BCUT2D eigenvalue weighted by Crippen LogP contribution is 2.06. The highest BCUT2D eigenvalue weighted by atomic mass is 16.6. The van der Waals surface area contributed by atoms with Crippen molar-refractivity contribution in [3.63, 3.8) is 0 Å². The molecule has 0 bridgehead atoms. The Kier molecular flexibility index (Phi) is 3.09. The predicted octanol–water partition coefficient (Wildman–Crippen LogP) is 1.67. The van der Waals surface area contributed by atoms with Crippen LogP contribution >= 0.6 is 0 Å². The van der Waals surface area contributed by atoms with E-state index < -0.39 is 0 Å². The lowest BCUT2D eigenvalue weighted by molar-refractivity contribution is -0.114. The number of hydrogen-bond donors (Lipinski definition) is 1.